The third kappa shape index (κ3) is 16.7. The van der Waals surface area contributed by atoms with Gasteiger partial charge in [0, 0.05) is 55.5 Å². The number of likely N-dealkylation sites (tertiary alicyclic amines) is 1. The van der Waals surface area contributed by atoms with Crippen molar-refractivity contribution in [2.24, 2.45) is 29.4 Å². The minimum Gasteiger partial charge on any atom is -0.481 e. The molecule has 390 valence electrons. The molecule has 0 bridgehead atoms. The molecule has 5 amide bonds. The molecule has 0 saturated carbocycles. The number of quaternary nitrogens is 1. The van der Waals surface area contributed by atoms with Gasteiger partial charge >= 0.3 is 11.9 Å². The lowest BCUT2D eigenvalue weighted by molar-refractivity contribution is -0.942. The van der Waals surface area contributed by atoms with Crippen LogP contribution in [0.15, 0.2) is 60.0 Å². The molecule has 71 heavy (non-hydrogen) atoms. The van der Waals surface area contributed by atoms with Gasteiger partial charge in [0.1, 0.15) is 29.3 Å². The number of benzene rings is 2. The Labute approximate surface area is 424 Å². The van der Waals surface area contributed by atoms with Crippen molar-refractivity contribution >= 4 is 58.5 Å². The highest BCUT2D eigenvalue weighted by atomic mass is 32.1. The van der Waals surface area contributed by atoms with Gasteiger partial charge < -0.3 is 46.2 Å². The number of anilines is 1. The van der Waals surface area contributed by atoms with Crippen LogP contribution >= 0.6 is 11.3 Å². The number of nitrogens with zero attached hydrogens (tertiary/aromatic N) is 3. The van der Waals surface area contributed by atoms with E-state index in [9.17, 15) is 38.7 Å². The number of esters is 1. The third-order valence-electron chi connectivity index (χ3n) is 13.9. The Morgan fingerprint density at radius 1 is 0.873 bits per heavy atom. The fourth-order valence-electron chi connectivity index (χ4n) is 9.15. The van der Waals surface area contributed by atoms with Crippen LogP contribution in [0.2, 0.25) is 0 Å². The first-order valence-corrected chi connectivity index (χ1v) is 25.9. The average molecular weight is 1000 g/mol. The number of carboxylic acids is 1. The van der Waals surface area contributed by atoms with E-state index in [4.69, 9.17) is 10.5 Å². The molecule has 1 fully saturated rings. The van der Waals surface area contributed by atoms with E-state index >= 15 is 0 Å². The Morgan fingerprint density at radius 2 is 1.54 bits per heavy atom. The van der Waals surface area contributed by atoms with Gasteiger partial charge in [-0.25, -0.2) is 4.98 Å². The number of nitrogens with one attached hydrogen (secondary N) is 4. The van der Waals surface area contributed by atoms with E-state index < -0.39 is 72.0 Å². The summed E-state index contributed by atoms with van der Waals surface area (Å²) in [5.41, 5.74) is 8.52. The number of aliphatic carboxylic acids is 1. The van der Waals surface area contributed by atoms with Gasteiger partial charge in [0.15, 0.2) is 12.1 Å². The third-order valence-corrected chi connectivity index (χ3v) is 14.8. The number of carbonyl (C=O) groups is 7. The molecule has 4 rings (SSSR count). The summed E-state index contributed by atoms with van der Waals surface area (Å²) in [7, 11) is 3.77. The quantitative estimate of drug-likeness (QED) is 0.0411. The molecule has 3 unspecified atom stereocenters. The van der Waals surface area contributed by atoms with Crippen molar-refractivity contribution in [3.63, 3.8) is 0 Å². The van der Waals surface area contributed by atoms with Crippen LogP contribution in [0.25, 0.3) is 0 Å². The fourth-order valence-corrected chi connectivity index (χ4v) is 9.99. The van der Waals surface area contributed by atoms with Gasteiger partial charge in [-0.15, -0.1) is 11.3 Å². The molecule has 3 aromatic rings. The number of hydrogen-bond acceptors (Lipinski definition) is 11. The predicted octanol–water partition coefficient (Wildman–Crippen LogP) is 6.23. The van der Waals surface area contributed by atoms with Gasteiger partial charge in [0.05, 0.1) is 25.6 Å². The van der Waals surface area contributed by atoms with Gasteiger partial charge in [-0.1, -0.05) is 97.4 Å². The standard InChI is InChI=1S/C53H78N8O9S/c1-12-33(6)46(59-49(65)43-20-16-17-25-61(43,11)29-38-21-23-39(24-22-38)56-47(63)35(8)55-50(66)45(54)32(4)5)52(67)60(10)42(31(2)3)28-44(70-36(9)62)51-58-41(30-71-51)48(64)57-40(26-34(7)53(68)69)27-37-18-14-13-15-19-37/h13-15,18-19,21-24,30-35,40,42-46H,12,16-17,20,25-29,54H2,1-11H3,(H4-,55,56,57,59,63,64,65,66,68,69)/p+1/t33-,34-,35?,40+,42+,43+,44+,45?,46-,61?/m0/s1. The molecule has 0 radical (unpaired) electrons. The molecular weight excluding hydrogens is 925 g/mol. The van der Waals surface area contributed by atoms with Crippen LogP contribution in [0, 0.1) is 23.7 Å². The molecule has 1 aromatic heterocycles. The first-order valence-electron chi connectivity index (χ1n) is 25.0. The highest BCUT2D eigenvalue weighted by Crippen LogP contribution is 2.32. The van der Waals surface area contributed by atoms with E-state index in [1.807, 2.05) is 84.0 Å². The number of aromatic nitrogens is 1. The molecule has 17 nitrogen and oxygen atoms in total. The highest BCUT2D eigenvalue weighted by Gasteiger charge is 2.43. The van der Waals surface area contributed by atoms with Crippen LogP contribution in [0.1, 0.15) is 134 Å². The zero-order valence-corrected chi connectivity index (χ0v) is 44.3. The summed E-state index contributed by atoms with van der Waals surface area (Å²) in [5, 5.41) is 23.3. The van der Waals surface area contributed by atoms with Gasteiger partial charge in [-0.2, -0.15) is 0 Å². The monoisotopic (exact) mass is 1000 g/mol. The Morgan fingerprint density at radius 3 is 2.13 bits per heavy atom. The lowest BCUT2D eigenvalue weighted by Gasteiger charge is -2.44. The zero-order valence-electron chi connectivity index (χ0n) is 43.5. The Balaban J connectivity index is 1.48. The van der Waals surface area contributed by atoms with Crippen molar-refractivity contribution in [1.82, 2.24) is 25.8 Å². The second-order valence-corrected chi connectivity index (χ2v) is 21.3. The summed E-state index contributed by atoms with van der Waals surface area (Å²) < 4.78 is 6.28. The molecule has 1 aliphatic heterocycles. The summed E-state index contributed by atoms with van der Waals surface area (Å²) in [6.07, 6.45) is 2.94. The lowest BCUT2D eigenvalue weighted by atomic mass is 9.92. The molecule has 2 heterocycles. The van der Waals surface area contributed by atoms with Crippen molar-refractivity contribution in [2.75, 3.05) is 26.0 Å². The van der Waals surface area contributed by atoms with Gasteiger partial charge in [-0.3, -0.25) is 33.6 Å². The summed E-state index contributed by atoms with van der Waals surface area (Å²) in [5.74, 6) is -4.37. The number of hydrogen-bond donors (Lipinski definition) is 6. The largest absolute Gasteiger partial charge is 0.481 e. The van der Waals surface area contributed by atoms with E-state index in [-0.39, 0.29) is 54.0 Å². The fraction of sp³-hybridized carbons (Fsp3) is 0.585. The van der Waals surface area contributed by atoms with Crippen LogP contribution < -0.4 is 27.0 Å². The Kier molecular flexibility index (Phi) is 21.7. The molecule has 10 atom stereocenters. The normalized spacial score (nSPS) is 19.2. The van der Waals surface area contributed by atoms with Crippen LogP contribution in [0.3, 0.4) is 0 Å². The number of amides is 5. The smallest absolute Gasteiger partial charge is 0.306 e. The second-order valence-electron chi connectivity index (χ2n) is 20.4. The van der Waals surface area contributed by atoms with Crippen molar-refractivity contribution in [3.05, 3.63) is 81.8 Å². The number of rotatable bonds is 25. The first-order chi connectivity index (χ1) is 33.4. The topological polar surface area (TPSA) is 239 Å². The maximum Gasteiger partial charge on any atom is 0.306 e. The SMILES string of the molecule is CC[C@H](C)[C@H](NC(=O)[C@H]1CCCC[N+]1(C)Cc1ccc(NC(=O)C(C)NC(=O)C(N)C(C)C)cc1)C(=O)N(C)[C@H](C[C@@H](OC(C)=O)c1nc(C(=O)N[C@@H](Cc2ccccc2)C[C@H](C)C(=O)O)cs1)C(C)C. The number of piperidine rings is 1. The minimum atomic E-state index is -0.963. The predicted molar refractivity (Wildman–Crippen MR) is 275 cm³/mol. The maximum atomic E-state index is 14.7. The van der Waals surface area contributed by atoms with Crippen molar-refractivity contribution in [2.45, 2.75) is 156 Å². The lowest BCUT2D eigenvalue weighted by Crippen LogP contribution is -2.63. The molecule has 18 heteroatoms. The summed E-state index contributed by atoms with van der Waals surface area (Å²) in [4.78, 5) is 98.9. The first kappa shape index (κ1) is 57.9. The number of nitrogens with two attached hydrogens (primary N) is 1. The molecule has 1 aliphatic rings. The van der Waals surface area contributed by atoms with Crippen molar-refractivity contribution in [3.8, 4) is 0 Å². The molecule has 1 saturated heterocycles. The molecule has 0 spiro atoms. The second kappa shape index (κ2) is 26.6. The number of likely N-dealkylation sites (N-methyl/N-ethyl adjacent to an activating group) is 2. The van der Waals surface area contributed by atoms with E-state index in [1.165, 1.54) is 6.92 Å². The summed E-state index contributed by atoms with van der Waals surface area (Å²) in [6.45, 7) is 17.3. The van der Waals surface area contributed by atoms with E-state index in [1.54, 1.807) is 43.3 Å². The van der Waals surface area contributed by atoms with Gasteiger partial charge in [0.25, 0.3) is 11.8 Å². The zero-order chi connectivity index (χ0) is 52.7. The number of thiazole rings is 1. The Bertz CT molecular complexity index is 2270. The Hall–Kier alpha value is -5.72. The van der Waals surface area contributed by atoms with E-state index in [0.717, 1.165) is 41.9 Å². The number of ether oxygens (including phenoxy) is 1. The van der Waals surface area contributed by atoms with E-state index in [2.05, 4.69) is 33.3 Å². The summed E-state index contributed by atoms with van der Waals surface area (Å²) in [6, 6.07) is 13.2. The van der Waals surface area contributed by atoms with Gasteiger partial charge in [0.2, 0.25) is 17.7 Å². The molecular formula is C53H79N8O9S+. The minimum absolute atomic E-state index is 0.0753. The van der Waals surface area contributed by atoms with Crippen LogP contribution in [-0.2, 0) is 46.5 Å². The average Bonchev–Trinajstić information content (AvgIpc) is 3.82. The summed E-state index contributed by atoms with van der Waals surface area (Å²) >= 11 is 1.16. The van der Waals surface area contributed by atoms with E-state index in [0.29, 0.717) is 41.0 Å². The van der Waals surface area contributed by atoms with Crippen molar-refractivity contribution in [1.29, 1.82) is 0 Å². The number of carbonyl (C=O) groups excluding carboxylic acids is 6. The van der Waals surface area contributed by atoms with Crippen LogP contribution in [0.4, 0.5) is 5.69 Å². The maximum absolute atomic E-state index is 14.7. The van der Waals surface area contributed by atoms with Gasteiger partial charge in [-0.05, 0) is 68.1 Å². The van der Waals surface area contributed by atoms with Crippen molar-refractivity contribution < 1.29 is 47.9 Å². The van der Waals surface area contributed by atoms with Crippen LogP contribution in [-0.4, -0.2) is 118 Å². The highest BCUT2D eigenvalue weighted by molar-refractivity contribution is 7.09. The molecule has 0 aliphatic carbocycles. The molecule has 2 aromatic carbocycles. The van der Waals surface area contributed by atoms with Crippen LogP contribution in [0.5, 0.6) is 0 Å². The molecule has 7 N–H and O–H groups in total. The number of carboxylic acid groups (broad SMARTS) is 1.